The van der Waals surface area contributed by atoms with Crippen LogP contribution in [0.25, 0.3) is 0 Å². The van der Waals surface area contributed by atoms with Crippen LogP contribution in [0.15, 0.2) is 18.2 Å². The van der Waals surface area contributed by atoms with E-state index in [0.717, 1.165) is 0 Å². The Hall–Kier alpha value is 1.38. The second-order valence-electron chi connectivity index (χ2n) is 1.64. The molecule has 0 nitrogen and oxygen atoms in total. The zero-order valence-electron chi connectivity index (χ0n) is 7.63. The minimum atomic E-state index is 0.647. The van der Waals surface area contributed by atoms with Crippen LogP contribution in [-0.2, 0) is 0 Å². The van der Waals surface area contributed by atoms with Crippen LogP contribution in [-0.4, -0.2) is 59.8 Å². The van der Waals surface area contributed by atoms with Crippen molar-refractivity contribution in [1.82, 2.24) is 0 Å². The van der Waals surface area contributed by atoms with Gasteiger partial charge < -0.3 is 0 Å². The molecule has 0 radical (unpaired) electrons. The van der Waals surface area contributed by atoms with Crippen molar-refractivity contribution in [3.05, 3.63) is 18.2 Å². The van der Waals surface area contributed by atoms with Crippen LogP contribution >= 0.6 is 0 Å². The Labute approximate surface area is 100 Å². The Morgan fingerprint density at radius 2 is 0.917 bits per heavy atom. The Balaban J connectivity index is 4.71. The SMILES string of the molecule is C[Se]C(=C=C=C([Se]C)[Se]C)[Se]C. The molecule has 12 heavy (non-hydrogen) atoms. The summed E-state index contributed by atoms with van der Waals surface area (Å²) in [7, 11) is 0. The first-order valence-electron chi connectivity index (χ1n) is 3.20. The van der Waals surface area contributed by atoms with Gasteiger partial charge in [0, 0.05) is 0 Å². The van der Waals surface area contributed by atoms with Gasteiger partial charge in [-0.3, -0.25) is 0 Å². The zero-order valence-corrected chi connectivity index (χ0v) is 14.5. The molecule has 0 aromatic carbocycles. The van der Waals surface area contributed by atoms with E-state index in [1.807, 2.05) is 0 Å². The molecule has 4 heteroatoms. The average Bonchev–Trinajstić information content (AvgIpc) is 2.13. The van der Waals surface area contributed by atoms with Gasteiger partial charge in [0.15, 0.2) is 0 Å². The van der Waals surface area contributed by atoms with E-state index in [-0.39, 0.29) is 0 Å². The van der Waals surface area contributed by atoms with Crippen molar-refractivity contribution in [3.63, 3.8) is 0 Å². The fourth-order valence-electron chi connectivity index (χ4n) is 0.473. The third kappa shape index (κ3) is 5.93. The Kier molecular flexibility index (Phi) is 9.98. The van der Waals surface area contributed by atoms with Gasteiger partial charge in [-0.05, 0) is 0 Å². The molecule has 0 heterocycles. The third-order valence-electron chi connectivity index (χ3n) is 1.01. The molecule has 0 amide bonds. The van der Waals surface area contributed by atoms with E-state index >= 15 is 0 Å². The Morgan fingerprint density at radius 3 is 1.08 bits per heavy atom. The van der Waals surface area contributed by atoms with Crippen LogP contribution in [0.4, 0.5) is 0 Å². The standard InChI is InChI=1S/C8H12Se4/c1-9-7(10-2)5-6-8(11-3)12-4/h1-4H3. The fraction of sp³-hybridized carbons (Fsp3) is 0.500. The summed E-state index contributed by atoms with van der Waals surface area (Å²) in [6, 6.07) is 0. The molecule has 0 N–H and O–H groups in total. The normalized spacial score (nSPS) is 8.67. The van der Waals surface area contributed by atoms with Crippen LogP contribution < -0.4 is 0 Å². The summed E-state index contributed by atoms with van der Waals surface area (Å²) in [5, 5.41) is 0. The van der Waals surface area contributed by atoms with Crippen molar-refractivity contribution < 1.29 is 0 Å². The van der Waals surface area contributed by atoms with Gasteiger partial charge >= 0.3 is 101 Å². The fourth-order valence-corrected chi connectivity index (χ4v) is 6.09. The van der Waals surface area contributed by atoms with E-state index in [2.05, 4.69) is 34.8 Å². The van der Waals surface area contributed by atoms with Gasteiger partial charge in [-0.2, -0.15) is 0 Å². The van der Waals surface area contributed by atoms with Crippen molar-refractivity contribution >= 4 is 59.8 Å². The van der Waals surface area contributed by atoms with Gasteiger partial charge in [-0.25, -0.2) is 0 Å². The second kappa shape index (κ2) is 8.95. The van der Waals surface area contributed by atoms with Gasteiger partial charge in [0.05, 0.1) is 0 Å². The zero-order chi connectivity index (χ0) is 9.40. The molecule has 0 aromatic rings. The van der Waals surface area contributed by atoms with Gasteiger partial charge in [0.25, 0.3) is 0 Å². The predicted octanol–water partition coefficient (Wildman–Crippen LogP) is 1.43. The molecule has 0 saturated heterocycles. The third-order valence-corrected chi connectivity index (χ3v) is 12.2. The van der Waals surface area contributed by atoms with Crippen LogP contribution in [0.1, 0.15) is 0 Å². The summed E-state index contributed by atoms with van der Waals surface area (Å²) in [5.41, 5.74) is 6.67. The molecule has 0 unspecified atom stereocenters. The van der Waals surface area contributed by atoms with Gasteiger partial charge in [-0.15, -0.1) is 0 Å². The Morgan fingerprint density at radius 1 is 0.667 bits per heavy atom. The first kappa shape index (κ1) is 13.4. The topological polar surface area (TPSA) is 0 Å². The number of hydrogen-bond acceptors (Lipinski definition) is 0. The first-order chi connectivity index (χ1) is 5.78. The average molecular weight is 424 g/mol. The van der Waals surface area contributed by atoms with Gasteiger partial charge in [0.2, 0.25) is 0 Å². The molecule has 0 spiro atoms. The molecule has 0 fully saturated rings. The minimum absolute atomic E-state index is 0.647. The molecular weight excluding hydrogens is 412 g/mol. The molecule has 0 aliphatic rings. The summed E-state index contributed by atoms with van der Waals surface area (Å²) in [4.78, 5) is 0. The molecule has 0 bridgehead atoms. The molecule has 0 aliphatic carbocycles. The maximum atomic E-state index is 3.34. The van der Waals surface area contributed by atoms with E-state index < -0.39 is 0 Å². The Bertz CT molecular complexity index is 183. The molecular formula is C8H12Se4. The van der Waals surface area contributed by atoms with Gasteiger partial charge in [0.1, 0.15) is 0 Å². The second-order valence-corrected chi connectivity index (χ2v) is 11.1. The first-order valence-corrected chi connectivity index (χ1v) is 13.5. The van der Waals surface area contributed by atoms with Crippen LogP contribution in [0, 0.1) is 0 Å². The monoisotopic (exact) mass is 428 g/mol. The van der Waals surface area contributed by atoms with Crippen LogP contribution in [0.2, 0.25) is 23.3 Å². The predicted molar refractivity (Wildman–Crippen MR) is 60.5 cm³/mol. The van der Waals surface area contributed by atoms with Crippen molar-refractivity contribution in [2.75, 3.05) is 0 Å². The van der Waals surface area contributed by atoms with E-state index in [4.69, 9.17) is 0 Å². The van der Waals surface area contributed by atoms with Crippen molar-refractivity contribution in [3.8, 4) is 0 Å². The summed E-state index contributed by atoms with van der Waals surface area (Å²) >= 11 is 2.59. The molecule has 0 saturated carbocycles. The molecule has 0 atom stereocenters. The van der Waals surface area contributed by atoms with Gasteiger partial charge in [-0.1, -0.05) is 0 Å². The molecule has 0 aliphatic heterocycles. The van der Waals surface area contributed by atoms with Crippen LogP contribution in [0.5, 0.6) is 0 Å². The van der Waals surface area contributed by atoms with E-state index in [1.54, 1.807) is 0 Å². The van der Waals surface area contributed by atoms with Crippen LogP contribution in [0.3, 0.4) is 0 Å². The summed E-state index contributed by atoms with van der Waals surface area (Å²) < 4.78 is 3.03. The summed E-state index contributed by atoms with van der Waals surface area (Å²) in [5.74, 6) is 9.04. The van der Waals surface area contributed by atoms with E-state index in [1.165, 1.54) is 6.74 Å². The van der Waals surface area contributed by atoms with Crippen molar-refractivity contribution in [2.24, 2.45) is 0 Å². The van der Waals surface area contributed by atoms with E-state index in [0.29, 0.717) is 59.8 Å². The summed E-state index contributed by atoms with van der Waals surface area (Å²) in [6.45, 7) is 0. The number of hydrogen-bond donors (Lipinski definition) is 0. The molecule has 68 valence electrons. The maximum absolute atomic E-state index is 3.34. The van der Waals surface area contributed by atoms with Crippen molar-refractivity contribution in [2.45, 2.75) is 23.3 Å². The van der Waals surface area contributed by atoms with E-state index in [9.17, 15) is 0 Å². The number of rotatable bonds is 4. The molecule has 0 rings (SSSR count). The molecule has 0 aromatic heterocycles. The quantitative estimate of drug-likeness (QED) is 0.474. The van der Waals surface area contributed by atoms with Crippen molar-refractivity contribution in [1.29, 1.82) is 0 Å². The summed E-state index contributed by atoms with van der Waals surface area (Å²) in [6.07, 6.45) is 0.